The van der Waals surface area contributed by atoms with E-state index in [9.17, 15) is 0 Å². The predicted molar refractivity (Wildman–Crippen MR) is 82.9 cm³/mol. The smallest absolute Gasteiger partial charge is 0.191 e. The van der Waals surface area contributed by atoms with Crippen LogP contribution in [0.3, 0.4) is 0 Å². The second-order valence-electron chi connectivity index (χ2n) is 3.90. The molecule has 0 aromatic carbocycles. The molecule has 1 aromatic rings. The van der Waals surface area contributed by atoms with Crippen molar-refractivity contribution >= 4 is 29.1 Å². The summed E-state index contributed by atoms with van der Waals surface area (Å²) in [5, 5.41) is 9.91. The molecule has 102 valence electrons. The van der Waals surface area contributed by atoms with Crippen molar-refractivity contribution in [2.75, 3.05) is 32.1 Å². The van der Waals surface area contributed by atoms with E-state index in [1.165, 1.54) is 5.01 Å². The second-order valence-corrected chi connectivity index (χ2v) is 5.83. The van der Waals surface area contributed by atoms with Crippen LogP contribution in [0.5, 0.6) is 0 Å². The highest BCUT2D eigenvalue weighted by atomic mass is 32.2. The standard InChI is InChI=1S/C12H22N4S2/c1-10-9-18-11(16-10)5-4-6-14-12(13-2)15-7-8-17-3/h9H,4-8H2,1-3H3,(H2,13,14,15). The van der Waals surface area contributed by atoms with Crippen LogP contribution >= 0.6 is 23.1 Å². The zero-order chi connectivity index (χ0) is 13.2. The van der Waals surface area contributed by atoms with Crippen LogP contribution in [0.1, 0.15) is 17.1 Å². The Balaban J connectivity index is 2.12. The van der Waals surface area contributed by atoms with Crippen LogP contribution in [0, 0.1) is 6.92 Å². The van der Waals surface area contributed by atoms with Crippen LogP contribution in [-0.4, -0.2) is 43.1 Å². The van der Waals surface area contributed by atoms with Gasteiger partial charge in [0.25, 0.3) is 0 Å². The minimum Gasteiger partial charge on any atom is -0.356 e. The minimum absolute atomic E-state index is 0.888. The molecule has 0 unspecified atom stereocenters. The maximum absolute atomic E-state index is 4.45. The third-order valence-corrected chi connectivity index (χ3v) is 3.99. The van der Waals surface area contributed by atoms with Crippen molar-refractivity contribution in [3.63, 3.8) is 0 Å². The van der Waals surface area contributed by atoms with Crippen LogP contribution in [0.2, 0.25) is 0 Å². The number of aryl methyl sites for hydroxylation is 2. The zero-order valence-corrected chi connectivity index (χ0v) is 13.0. The summed E-state index contributed by atoms with van der Waals surface area (Å²) in [7, 11) is 1.80. The number of aliphatic imine (C=N–C) groups is 1. The van der Waals surface area contributed by atoms with Gasteiger partial charge in [-0.3, -0.25) is 4.99 Å². The molecule has 18 heavy (non-hydrogen) atoms. The van der Waals surface area contributed by atoms with Gasteiger partial charge in [0.2, 0.25) is 0 Å². The van der Waals surface area contributed by atoms with E-state index in [0.29, 0.717) is 0 Å². The maximum Gasteiger partial charge on any atom is 0.191 e. The Morgan fingerprint density at radius 1 is 1.44 bits per heavy atom. The summed E-state index contributed by atoms with van der Waals surface area (Å²) < 4.78 is 0. The summed E-state index contributed by atoms with van der Waals surface area (Å²) in [4.78, 5) is 8.63. The van der Waals surface area contributed by atoms with E-state index in [-0.39, 0.29) is 0 Å². The molecule has 2 N–H and O–H groups in total. The Labute approximate surface area is 118 Å². The van der Waals surface area contributed by atoms with Gasteiger partial charge in [-0.2, -0.15) is 11.8 Å². The van der Waals surface area contributed by atoms with Gasteiger partial charge in [-0.1, -0.05) is 0 Å². The molecule has 4 nitrogen and oxygen atoms in total. The molecule has 0 radical (unpaired) electrons. The van der Waals surface area contributed by atoms with E-state index < -0.39 is 0 Å². The van der Waals surface area contributed by atoms with Crippen molar-refractivity contribution < 1.29 is 0 Å². The monoisotopic (exact) mass is 286 g/mol. The largest absolute Gasteiger partial charge is 0.356 e. The molecule has 6 heteroatoms. The van der Waals surface area contributed by atoms with Crippen molar-refractivity contribution in [3.8, 4) is 0 Å². The van der Waals surface area contributed by atoms with E-state index in [2.05, 4.69) is 32.2 Å². The van der Waals surface area contributed by atoms with Gasteiger partial charge in [-0.15, -0.1) is 11.3 Å². The summed E-state index contributed by atoms with van der Waals surface area (Å²) in [6.45, 7) is 3.92. The van der Waals surface area contributed by atoms with Crippen molar-refractivity contribution in [1.82, 2.24) is 15.6 Å². The van der Waals surface area contributed by atoms with Gasteiger partial charge in [0.05, 0.1) is 5.01 Å². The number of hydrogen-bond acceptors (Lipinski definition) is 4. The molecule has 0 atom stereocenters. The Morgan fingerprint density at radius 2 is 2.22 bits per heavy atom. The average molecular weight is 286 g/mol. The van der Waals surface area contributed by atoms with E-state index in [4.69, 9.17) is 0 Å². The molecule has 1 aromatic heterocycles. The fourth-order valence-electron chi connectivity index (χ4n) is 1.46. The number of rotatable bonds is 7. The Kier molecular flexibility index (Phi) is 7.84. The van der Waals surface area contributed by atoms with Crippen LogP contribution in [0.4, 0.5) is 0 Å². The Morgan fingerprint density at radius 3 is 2.83 bits per heavy atom. The molecule has 0 aliphatic heterocycles. The van der Waals surface area contributed by atoms with Gasteiger partial charge in [0, 0.05) is 43.4 Å². The Hall–Kier alpha value is -0.750. The van der Waals surface area contributed by atoms with E-state index in [0.717, 1.165) is 43.3 Å². The van der Waals surface area contributed by atoms with Gasteiger partial charge >= 0.3 is 0 Å². The fraction of sp³-hybridized carbons (Fsp3) is 0.667. The summed E-state index contributed by atoms with van der Waals surface area (Å²) in [6, 6.07) is 0. The van der Waals surface area contributed by atoms with Crippen molar-refractivity contribution in [2.24, 2.45) is 4.99 Å². The number of guanidine groups is 1. The number of thiazole rings is 1. The highest BCUT2D eigenvalue weighted by Gasteiger charge is 1.99. The molecule has 0 saturated carbocycles. The second kappa shape index (κ2) is 9.22. The minimum atomic E-state index is 0.888. The lowest BCUT2D eigenvalue weighted by Crippen LogP contribution is -2.38. The number of aromatic nitrogens is 1. The van der Waals surface area contributed by atoms with E-state index in [1.807, 2.05) is 18.7 Å². The van der Waals surface area contributed by atoms with Gasteiger partial charge in [-0.25, -0.2) is 4.98 Å². The van der Waals surface area contributed by atoms with Crippen LogP contribution in [-0.2, 0) is 6.42 Å². The van der Waals surface area contributed by atoms with Crippen LogP contribution < -0.4 is 10.6 Å². The van der Waals surface area contributed by atoms with Gasteiger partial charge in [0.1, 0.15) is 0 Å². The molecule has 0 spiro atoms. The molecule has 0 aliphatic rings. The van der Waals surface area contributed by atoms with Gasteiger partial charge < -0.3 is 10.6 Å². The highest BCUT2D eigenvalue weighted by Crippen LogP contribution is 2.10. The summed E-state index contributed by atoms with van der Waals surface area (Å²) >= 11 is 3.57. The first kappa shape index (κ1) is 15.3. The van der Waals surface area contributed by atoms with Crippen molar-refractivity contribution in [2.45, 2.75) is 19.8 Å². The maximum atomic E-state index is 4.45. The summed E-state index contributed by atoms with van der Waals surface area (Å²) in [5.41, 5.74) is 1.12. The van der Waals surface area contributed by atoms with Crippen molar-refractivity contribution in [1.29, 1.82) is 0 Å². The molecule has 1 rings (SSSR count). The Bertz CT molecular complexity index is 363. The first-order valence-corrected chi connectivity index (χ1v) is 8.38. The molecule has 0 bridgehead atoms. The average Bonchev–Trinajstić information content (AvgIpc) is 2.78. The third-order valence-electron chi connectivity index (χ3n) is 2.35. The quantitative estimate of drug-likeness (QED) is 0.457. The van der Waals surface area contributed by atoms with E-state index in [1.54, 1.807) is 18.4 Å². The predicted octanol–water partition coefficient (Wildman–Crippen LogP) is 1.91. The molecule has 0 saturated heterocycles. The van der Waals surface area contributed by atoms with Crippen LogP contribution in [0.15, 0.2) is 10.4 Å². The lowest BCUT2D eigenvalue weighted by atomic mass is 10.3. The lowest BCUT2D eigenvalue weighted by Gasteiger charge is -2.10. The number of thioether (sulfide) groups is 1. The number of nitrogens with zero attached hydrogens (tertiary/aromatic N) is 2. The van der Waals surface area contributed by atoms with Crippen LogP contribution in [0.25, 0.3) is 0 Å². The molecule has 0 amide bonds. The molecule has 1 heterocycles. The normalized spacial score (nSPS) is 11.6. The van der Waals surface area contributed by atoms with Gasteiger partial charge in [-0.05, 0) is 19.6 Å². The lowest BCUT2D eigenvalue weighted by molar-refractivity contribution is 0.745. The molecule has 0 fully saturated rings. The van der Waals surface area contributed by atoms with E-state index >= 15 is 0 Å². The first-order chi connectivity index (χ1) is 8.76. The van der Waals surface area contributed by atoms with Crippen molar-refractivity contribution in [3.05, 3.63) is 16.1 Å². The zero-order valence-electron chi connectivity index (χ0n) is 11.3. The highest BCUT2D eigenvalue weighted by molar-refractivity contribution is 7.98. The number of nitrogens with one attached hydrogen (secondary N) is 2. The summed E-state index contributed by atoms with van der Waals surface area (Å²) in [6.07, 6.45) is 4.22. The fourth-order valence-corrected chi connectivity index (χ4v) is 2.58. The summed E-state index contributed by atoms with van der Waals surface area (Å²) in [5.74, 6) is 1.98. The molecular weight excluding hydrogens is 264 g/mol. The number of hydrogen-bond donors (Lipinski definition) is 2. The molecule has 0 aliphatic carbocycles. The molecular formula is C12H22N4S2. The first-order valence-electron chi connectivity index (χ1n) is 6.10. The topological polar surface area (TPSA) is 49.3 Å². The van der Waals surface area contributed by atoms with Gasteiger partial charge in [0.15, 0.2) is 5.96 Å². The SMILES string of the molecule is CN=C(NCCCc1nc(C)cs1)NCCSC. The third kappa shape index (κ3) is 6.26.